The van der Waals surface area contributed by atoms with Gasteiger partial charge in [-0.25, -0.2) is 0 Å². The number of amides is 1. The number of nitrogens with one attached hydrogen (secondary N) is 1. The first-order chi connectivity index (χ1) is 8.28. The number of pyridine rings is 1. The number of halogens is 2. The molecule has 5 heteroatoms. The maximum atomic E-state index is 11.9. The van der Waals surface area contributed by atoms with Gasteiger partial charge in [0.25, 0.3) is 5.91 Å². The Balaban J connectivity index is 2.47. The molecule has 1 N–H and O–H groups in total. The Morgan fingerprint density at radius 1 is 1.44 bits per heavy atom. The van der Waals surface area contributed by atoms with Crippen LogP contribution in [0.15, 0.2) is 22.9 Å². The highest BCUT2D eigenvalue weighted by Crippen LogP contribution is 2.24. The Labute approximate surface area is 125 Å². The van der Waals surface area contributed by atoms with Crippen LogP contribution in [0.5, 0.6) is 0 Å². The summed E-state index contributed by atoms with van der Waals surface area (Å²) >= 11 is 6.89. The lowest BCUT2D eigenvalue weighted by molar-refractivity contribution is 0.0952. The summed E-state index contributed by atoms with van der Waals surface area (Å²) < 4.78 is 0.806. The van der Waals surface area contributed by atoms with Gasteiger partial charge in [-0.2, -0.15) is 0 Å². The number of carbonyl (C=O) groups excluding carboxylic acids is 1. The fraction of sp³-hybridized carbons (Fsp3) is 0.538. The average Bonchev–Trinajstić information content (AvgIpc) is 2.23. The monoisotopic (exact) mass is 376 g/mol. The number of aromatic nitrogens is 1. The van der Waals surface area contributed by atoms with E-state index >= 15 is 0 Å². The maximum absolute atomic E-state index is 11.9. The van der Waals surface area contributed by atoms with E-state index in [1.165, 1.54) is 0 Å². The molecule has 0 fully saturated rings. The summed E-state index contributed by atoms with van der Waals surface area (Å²) in [6.07, 6.45) is 4.22. The van der Waals surface area contributed by atoms with Crippen LogP contribution in [-0.4, -0.2) is 22.3 Å². The molecule has 0 saturated carbocycles. The fourth-order valence-corrected chi connectivity index (χ4v) is 3.08. The molecule has 100 valence electrons. The van der Waals surface area contributed by atoms with Crippen LogP contribution in [0.4, 0.5) is 0 Å². The van der Waals surface area contributed by atoms with E-state index in [1.807, 2.05) is 0 Å². The van der Waals surface area contributed by atoms with Gasteiger partial charge in [-0.1, -0.05) is 36.7 Å². The van der Waals surface area contributed by atoms with Gasteiger partial charge in [-0.3, -0.25) is 9.78 Å². The van der Waals surface area contributed by atoms with Gasteiger partial charge in [-0.15, -0.1) is 0 Å². The molecule has 0 spiro atoms. The molecule has 3 nitrogen and oxygen atoms in total. The molecule has 0 aliphatic rings. The van der Waals surface area contributed by atoms with Crippen molar-refractivity contribution in [3.05, 3.63) is 28.5 Å². The van der Waals surface area contributed by atoms with E-state index in [-0.39, 0.29) is 16.1 Å². The highest BCUT2D eigenvalue weighted by molar-refractivity contribution is 9.10. The van der Waals surface area contributed by atoms with Gasteiger partial charge in [0.15, 0.2) is 0 Å². The molecule has 0 aliphatic carbocycles. The molecule has 1 heterocycles. The maximum Gasteiger partial charge on any atom is 0.252 e. The fourth-order valence-electron chi connectivity index (χ4n) is 1.58. The van der Waals surface area contributed by atoms with E-state index in [0.717, 1.165) is 10.9 Å². The van der Waals surface area contributed by atoms with Crippen molar-refractivity contribution in [3.63, 3.8) is 0 Å². The normalized spacial score (nSPS) is 13.2. The third kappa shape index (κ3) is 5.96. The van der Waals surface area contributed by atoms with Crippen LogP contribution in [0, 0.1) is 5.41 Å². The summed E-state index contributed by atoms with van der Waals surface area (Å²) in [5.74, 6) is -0.0952. The molecule has 0 bridgehead atoms. The standard InChI is InChI=1S/C13H18Br2N2O/c1-13(2,3)5-11(15)8-17-12(18)9-4-10(14)7-16-6-9/h4,6-7,11H,5,8H2,1-3H3,(H,17,18). The van der Waals surface area contributed by atoms with Gasteiger partial charge in [0.2, 0.25) is 0 Å². The van der Waals surface area contributed by atoms with Gasteiger partial charge in [0, 0.05) is 28.2 Å². The van der Waals surface area contributed by atoms with E-state index in [9.17, 15) is 4.79 Å². The Kier molecular flexibility index (Phi) is 5.79. The minimum Gasteiger partial charge on any atom is -0.351 e. The molecule has 0 aromatic carbocycles. The van der Waals surface area contributed by atoms with Crippen molar-refractivity contribution in [2.75, 3.05) is 6.54 Å². The van der Waals surface area contributed by atoms with Crippen LogP contribution in [0.1, 0.15) is 37.6 Å². The molecule has 1 aromatic heterocycles. The van der Waals surface area contributed by atoms with Crippen molar-refractivity contribution in [2.24, 2.45) is 5.41 Å². The summed E-state index contributed by atoms with van der Waals surface area (Å²) in [5.41, 5.74) is 0.816. The van der Waals surface area contributed by atoms with Gasteiger partial charge in [-0.05, 0) is 33.8 Å². The lowest BCUT2D eigenvalue weighted by Gasteiger charge is -2.22. The van der Waals surface area contributed by atoms with Crippen molar-refractivity contribution in [2.45, 2.75) is 32.0 Å². The number of carbonyl (C=O) groups is 1. The van der Waals surface area contributed by atoms with Gasteiger partial charge < -0.3 is 5.32 Å². The second kappa shape index (κ2) is 6.66. The summed E-state index contributed by atoms with van der Waals surface area (Å²) in [6, 6.07) is 1.76. The molecular weight excluding hydrogens is 360 g/mol. The van der Waals surface area contributed by atoms with Crippen molar-refractivity contribution in [1.29, 1.82) is 0 Å². The zero-order valence-electron chi connectivity index (χ0n) is 10.8. The highest BCUT2D eigenvalue weighted by atomic mass is 79.9. The number of hydrogen-bond acceptors (Lipinski definition) is 2. The minimum absolute atomic E-state index is 0.0952. The number of hydrogen-bond donors (Lipinski definition) is 1. The first kappa shape index (κ1) is 15.6. The zero-order chi connectivity index (χ0) is 13.8. The van der Waals surface area contributed by atoms with E-state index in [4.69, 9.17) is 0 Å². The summed E-state index contributed by atoms with van der Waals surface area (Å²) in [5, 5.41) is 2.90. The predicted molar refractivity (Wildman–Crippen MR) is 81.1 cm³/mol. The molecule has 0 saturated heterocycles. The van der Waals surface area contributed by atoms with Crippen LogP contribution < -0.4 is 5.32 Å². The highest BCUT2D eigenvalue weighted by Gasteiger charge is 2.17. The molecule has 0 aliphatic heterocycles. The molecular formula is C13H18Br2N2O. The second-order valence-corrected chi connectivity index (χ2v) is 7.67. The summed E-state index contributed by atoms with van der Waals surface area (Å²) in [7, 11) is 0. The third-order valence-electron chi connectivity index (χ3n) is 2.29. The smallest absolute Gasteiger partial charge is 0.252 e. The molecule has 1 amide bonds. The van der Waals surface area contributed by atoms with E-state index in [2.05, 4.69) is 62.9 Å². The lowest BCUT2D eigenvalue weighted by atomic mass is 9.90. The second-order valence-electron chi connectivity index (χ2n) is 5.46. The van der Waals surface area contributed by atoms with Crippen molar-refractivity contribution >= 4 is 37.8 Å². The Morgan fingerprint density at radius 2 is 2.11 bits per heavy atom. The zero-order valence-corrected chi connectivity index (χ0v) is 14.0. The molecule has 18 heavy (non-hydrogen) atoms. The SMILES string of the molecule is CC(C)(C)CC(Br)CNC(=O)c1cncc(Br)c1. The predicted octanol–water partition coefficient (Wildman–Crippen LogP) is 3.77. The summed E-state index contributed by atoms with van der Waals surface area (Å²) in [4.78, 5) is 16.1. The van der Waals surface area contributed by atoms with Crippen molar-refractivity contribution < 1.29 is 4.79 Å². The Morgan fingerprint density at radius 3 is 2.67 bits per heavy atom. The largest absolute Gasteiger partial charge is 0.351 e. The van der Waals surface area contributed by atoms with E-state index in [0.29, 0.717) is 12.1 Å². The van der Waals surface area contributed by atoms with Crippen LogP contribution in [0.25, 0.3) is 0 Å². The van der Waals surface area contributed by atoms with Crippen molar-refractivity contribution in [3.8, 4) is 0 Å². The Bertz CT molecular complexity index is 416. The van der Waals surface area contributed by atoms with Crippen molar-refractivity contribution in [1.82, 2.24) is 10.3 Å². The topological polar surface area (TPSA) is 42.0 Å². The summed E-state index contributed by atoms with van der Waals surface area (Å²) in [6.45, 7) is 7.16. The molecule has 1 unspecified atom stereocenters. The first-order valence-corrected chi connectivity index (χ1v) is 7.51. The lowest BCUT2D eigenvalue weighted by Crippen LogP contribution is -2.31. The molecule has 0 radical (unpaired) electrons. The van der Waals surface area contributed by atoms with Gasteiger partial charge in [0.05, 0.1) is 5.56 Å². The number of alkyl halides is 1. The quantitative estimate of drug-likeness (QED) is 0.811. The van der Waals surface area contributed by atoms with Crippen LogP contribution >= 0.6 is 31.9 Å². The van der Waals surface area contributed by atoms with E-state index in [1.54, 1.807) is 18.5 Å². The first-order valence-electron chi connectivity index (χ1n) is 5.81. The van der Waals surface area contributed by atoms with Gasteiger partial charge >= 0.3 is 0 Å². The van der Waals surface area contributed by atoms with Crippen LogP contribution in [0.3, 0.4) is 0 Å². The molecule has 1 aromatic rings. The number of nitrogens with zero attached hydrogens (tertiary/aromatic N) is 1. The number of rotatable bonds is 4. The van der Waals surface area contributed by atoms with E-state index < -0.39 is 0 Å². The van der Waals surface area contributed by atoms with Crippen LogP contribution in [0.2, 0.25) is 0 Å². The minimum atomic E-state index is -0.0952. The molecule has 1 rings (SSSR count). The van der Waals surface area contributed by atoms with Crippen LogP contribution in [-0.2, 0) is 0 Å². The Hall–Kier alpha value is -0.420. The molecule has 1 atom stereocenters. The van der Waals surface area contributed by atoms with Gasteiger partial charge in [0.1, 0.15) is 0 Å². The average molecular weight is 378 g/mol. The third-order valence-corrected chi connectivity index (χ3v) is 3.37.